The van der Waals surface area contributed by atoms with E-state index in [1.165, 1.54) is 12.1 Å². The molecule has 0 aromatic heterocycles. The molecule has 1 aliphatic rings. The number of benzene rings is 1. The van der Waals surface area contributed by atoms with Gasteiger partial charge in [0, 0.05) is 5.02 Å². The van der Waals surface area contributed by atoms with E-state index in [0.29, 0.717) is 13.2 Å². The van der Waals surface area contributed by atoms with Crippen LogP contribution in [0, 0.1) is 11.7 Å². The first-order valence-corrected chi connectivity index (χ1v) is 8.57. The van der Waals surface area contributed by atoms with E-state index in [2.05, 4.69) is 5.32 Å². The fourth-order valence-electron chi connectivity index (χ4n) is 2.97. The summed E-state index contributed by atoms with van der Waals surface area (Å²) in [5.41, 5.74) is 0.106. The van der Waals surface area contributed by atoms with Gasteiger partial charge in [0.25, 0.3) is 5.91 Å². The largest absolute Gasteiger partial charge is 0.466 e. The Bertz CT molecular complexity index is 611. The van der Waals surface area contributed by atoms with Gasteiger partial charge in [-0.2, -0.15) is 0 Å². The molecule has 132 valence electrons. The van der Waals surface area contributed by atoms with Crippen LogP contribution in [0.5, 0.6) is 0 Å². The molecule has 7 heteroatoms. The van der Waals surface area contributed by atoms with Crippen LogP contribution in [0.1, 0.15) is 26.7 Å². The van der Waals surface area contributed by atoms with Gasteiger partial charge in [-0.05, 0) is 44.9 Å². The van der Waals surface area contributed by atoms with E-state index in [1.807, 2.05) is 0 Å². The maximum atomic E-state index is 13.8. The Balaban J connectivity index is 1.98. The summed E-state index contributed by atoms with van der Waals surface area (Å²) in [6, 6.07) is 3.73. The number of anilines is 1. The summed E-state index contributed by atoms with van der Waals surface area (Å²) in [5.74, 6) is -1.24. The van der Waals surface area contributed by atoms with Gasteiger partial charge in [-0.1, -0.05) is 11.6 Å². The first kappa shape index (κ1) is 18.7. The average Bonchev–Trinajstić information content (AvgIpc) is 2.57. The monoisotopic (exact) mass is 357 g/mol. The van der Waals surface area contributed by atoms with Crippen molar-refractivity contribution in [2.24, 2.45) is 5.92 Å². The molecule has 2 N–H and O–H groups in total. The quantitative estimate of drug-likeness (QED) is 0.788. The number of quaternary nitrogens is 1. The molecule has 0 spiro atoms. The fourth-order valence-corrected chi connectivity index (χ4v) is 3.13. The van der Waals surface area contributed by atoms with Gasteiger partial charge in [-0.3, -0.25) is 9.59 Å². The van der Waals surface area contributed by atoms with Gasteiger partial charge in [-0.25, -0.2) is 4.39 Å². The third kappa shape index (κ3) is 4.68. The summed E-state index contributed by atoms with van der Waals surface area (Å²) >= 11 is 5.71. The topological polar surface area (TPSA) is 59.8 Å². The fraction of sp³-hybridized carbons (Fsp3) is 0.529. The van der Waals surface area contributed by atoms with Crippen LogP contribution in [0.15, 0.2) is 18.2 Å². The SMILES string of the molecule is CCOC(=O)[C@@H]1CCC[NH+]([C@@H](C)C(=O)Nc2ccc(Cl)cc2F)C1. The van der Waals surface area contributed by atoms with E-state index in [4.69, 9.17) is 16.3 Å². The highest BCUT2D eigenvalue weighted by molar-refractivity contribution is 6.30. The summed E-state index contributed by atoms with van der Waals surface area (Å²) in [7, 11) is 0. The lowest BCUT2D eigenvalue weighted by molar-refractivity contribution is -0.921. The number of ether oxygens (including phenoxy) is 1. The Labute approximate surface area is 146 Å². The number of hydrogen-bond acceptors (Lipinski definition) is 3. The van der Waals surface area contributed by atoms with Crippen LogP contribution in [-0.2, 0) is 14.3 Å². The molecule has 1 heterocycles. The summed E-state index contributed by atoms with van der Waals surface area (Å²) in [4.78, 5) is 25.3. The van der Waals surface area contributed by atoms with Gasteiger partial charge >= 0.3 is 5.97 Å². The number of amides is 1. The Morgan fingerprint density at radius 3 is 2.92 bits per heavy atom. The molecule has 2 rings (SSSR count). The van der Waals surface area contributed by atoms with E-state index >= 15 is 0 Å². The number of halogens is 2. The number of esters is 1. The number of carbonyl (C=O) groups is 2. The maximum absolute atomic E-state index is 13.8. The van der Waals surface area contributed by atoms with Crippen molar-refractivity contribution in [3.8, 4) is 0 Å². The zero-order valence-electron chi connectivity index (χ0n) is 13.9. The van der Waals surface area contributed by atoms with Gasteiger partial charge in [0.15, 0.2) is 6.04 Å². The highest BCUT2D eigenvalue weighted by Gasteiger charge is 2.35. The predicted octanol–water partition coefficient (Wildman–Crippen LogP) is 1.66. The number of rotatable bonds is 5. The Morgan fingerprint density at radius 2 is 2.25 bits per heavy atom. The molecule has 1 aliphatic heterocycles. The molecule has 1 aromatic carbocycles. The number of likely N-dealkylation sites (tertiary alicyclic amines) is 1. The van der Waals surface area contributed by atoms with Gasteiger partial charge in [0.1, 0.15) is 11.7 Å². The van der Waals surface area contributed by atoms with Crippen LogP contribution in [0.2, 0.25) is 5.02 Å². The Morgan fingerprint density at radius 1 is 1.50 bits per heavy atom. The predicted molar refractivity (Wildman–Crippen MR) is 89.6 cm³/mol. The van der Waals surface area contributed by atoms with Crippen molar-refractivity contribution < 1.29 is 23.6 Å². The summed E-state index contributed by atoms with van der Waals surface area (Å²) in [5, 5.41) is 2.87. The Kier molecular flexibility index (Phi) is 6.57. The first-order chi connectivity index (χ1) is 11.4. The summed E-state index contributed by atoms with van der Waals surface area (Å²) in [6.45, 7) is 5.27. The third-order valence-corrected chi connectivity index (χ3v) is 4.61. The van der Waals surface area contributed by atoms with Crippen LogP contribution < -0.4 is 10.2 Å². The van der Waals surface area contributed by atoms with Crippen molar-refractivity contribution in [1.29, 1.82) is 0 Å². The first-order valence-electron chi connectivity index (χ1n) is 8.19. The normalized spacial score (nSPS) is 21.8. The third-order valence-electron chi connectivity index (χ3n) is 4.37. The highest BCUT2D eigenvalue weighted by Crippen LogP contribution is 2.19. The van der Waals surface area contributed by atoms with E-state index < -0.39 is 11.9 Å². The minimum atomic E-state index is -0.568. The van der Waals surface area contributed by atoms with Crippen LogP contribution in [-0.4, -0.2) is 37.6 Å². The molecule has 5 nitrogen and oxygen atoms in total. The summed E-state index contributed by atoms with van der Waals surface area (Å²) in [6.07, 6.45) is 1.63. The van der Waals surface area contributed by atoms with Crippen molar-refractivity contribution in [2.75, 3.05) is 25.0 Å². The number of nitrogens with one attached hydrogen (secondary N) is 2. The van der Waals surface area contributed by atoms with E-state index in [-0.39, 0.29) is 28.5 Å². The molecule has 1 amide bonds. The van der Waals surface area contributed by atoms with Crippen molar-refractivity contribution >= 4 is 29.2 Å². The lowest BCUT2D eigenvalue weighted by Crippen LogP contribution is -3.18. The van der Waals surface area contributed by atoms with Crippen LogP contribution in [0.25, 0.3) is 0 Å². The van der Waals surface area contributed by atoms with E-state index in [9.17, 15) is 14.0 Å². The minimum Gasteiger partial charge on any atom is -0.466 e. The van der Waals surface area contributed by atoms with Gasteiger partial charge < -0.3 is 15.0 Å². The molecule has 1 unspecified atom stereocenters. The van der Waals surface area contributed by atoms with Crippen LogP contribution in [0.4, 0.5) is 10.1 Å². The molecule has 3 atom stereocenters. The molecule has 0 aliphatic carbocycles. The van der Waals surface area contributed by atoms with E-state index in [1.54, 1.807) is 13.8 Å². The van der Waals surface area contributed by atoms with E-state index in [0.717, 1.165) is 30.4 Å². The second-order valence-corrected chi connectivity index (χ2v) is 6.48. The lowest BCUT2D eigenvalue weighted by atomic mass is 9.97. The highest BCUT2D eigenvalue weighted by atomic mass is 35.5. The van der Waals surface area contributed by atoms with Crippen molar-refractivity contribution in [1.82, 2.24) is 0 Å². The number of carbonyl (C=O) groups excluding carboxylic acids is 2. The smallest absolute Gasteiger partial charge is 0.314 e. The minimum absolute atomic E-state index is 0.106. The molecule has 1 fully saturated rings. The molecule has 1 saturated heterocycles. The summed E-state index contributed by atoms with van der Waals surface area (Å²) < 4.78 is 18.9. The van der Waals surface area contributed by atoms with Crippen LogP contribution >= 0.6 is 11.6 Å². The number of piperidine rings is 1. The molecular weight excluding hydrogens is 335 g/mol. The van der Waals surface area contributed by atoms with Crippen molar-refractivity contribution in [3.05, 3.63) is 29.0 Å². The Hall–Kier alpha value is -1.66. The second kappa shape index (κ2) is 8.44. The van der Waals surface area contributed by atoms with Gasteiger partial charge in [0.2, 0.25) is 0 Å². The zero-order valence-corrected chi connectivity index (χ0v) is 14.7. The molecule has 0 saturated carbocycles. The van der Waals surface area contributed by atoms with Crippen molar-refractivity contribution in [3.63, 3.8) is 0 Å². The molecular formula is C17H23ClFN2O3+. The molecule has 0 radical (unpaired) electrons. The molecule has 24 heavy (non-hydrogen) atoms. The molecule has 1 aromatic rings. The number of hydrogen-bond donors (Lipinski definition) is 2. The van der Waals surface area contributed by atoms with Crippen molar-refractivity contribution in [2.45, 2.75) is 32.7 Å². The van der Waals surface area contributed by atoms with Gasteiger partial charge in [-0.15, -0.1) is 0 Å². The maximum Gasteiger partial charge on any atom is 0.314 e. The van der Waals surface area contributed by atoms with Gasteiger partial charge in [0.05, 0.1) is 25.4 Å². The average molecular weight is 358 g/mol. The standard InChI is InChI=1S/C17H22ClFN2O3/c1-3-24-17(23)12-5-4-8-21(10-12)11(2)16(22)20-15-7-6-13(18)9-14(15)19/h6-7,9,11-12H,3-5,8,10H2,1-2H3,(H,20,22)/p+1/t11-,12+/m0/s1. The lowest BCUT2D eigenvalue weighted by Gasteiger charge is -2.32. The second-order valence-electron chi connectivity index (χ2n) is 6.04. The van der Waals surface area contributed by atoms with Crippen LogP contribution in [0.3, 0.4) is 0 Å². The zero-order chi connectivity index (χ0) is 17.7. The molecule has 0 bridgehead atoms.